The Kier molecular flexibility index (Phi) is 4.57. The molecule has 0 bridgehead atoms. The van der Waals surface area contributed by atoms with Crippen LogP contribution < -0.4 is 5.90 Å². The maximum atomic E-state index is 10.5. The molecule has 13 heavy (non-hydrogen) atoms. The van der Waals surface area contributed by atoms with E-state index >= 15 is 0 Å². The molecule has 0 spiro atoms. The van der Waals surface area contributed by atoms with Crippen molar-refractivity contribution in [2.75, 3.05) is 0 Å². The molecule has 4 N–H and O–H groups in total. The van der Waals surface area contributed by atoms with Crippen LogP contribution in [0.25, 0.3) is 0 Å². The first-order chi connectivity index (χ1) is 6.00. The molecule has 1 aromatic rings. The van der Waals surface area contributed by atoms with Crippen molar-refractivity contribution in [1.82, 2.24) is 0 Å². The van der Waals surface area contributed by atoms with E-state index in [9.17, 15) is 8.42 Å². The lowest BCUT2D eigenvalue weighted by atomic mass is 10.2. The Bertz CT molecular complexity index is 343. The van der Waals surface area contributed by atoms with E-state index in [4.69, 9.17) is 9.76 Å². The largest absolute Gasteiger partial charge is 0.320 e. The van der Waals surface area contributed by atoms with Gasteiger partial charge < -0.3 is 5.21 Å². The summed E-state index contributed by atoms with van der Waals surface area (Å²) in [6.07, 6.45) is 0. The van der Waals surface area contributed by atoms with Gasteiger partial charge in [0.2, 0.25) is 0 Å². The van der Waals surface area contributed by atoms with E-state index in [1.54, 1.807) is 12.1 Å². The second-order valence-corrected chi connectivity index (χ2v) is 3.71. The van der Waals surface area contributed by atoms with Crippen LogP contribution in [0, 0.1) is 6.92 Å². The summed E-state index contributed by atoms with van der Waals surface area (Å²) in [5, 5.41) is 6.50. The summed E-state index contributed by atoms with van der Waals surface area (Å²) in [5.41, 5.74) is 0.956. The number of hydrogen-bond donors (Lipinski definition) is 3. The summed E-state index contributed by atoms with van der Waals surface area (Å²) in [5.74, 6) is 3.50. The molecule has 0 aromatic heterocycles. The van der Waals surface area contributed by atoms with Crippen molar-refractivity contribution in [3.63, 3.8) is 0 Å². The summed E-state index contributed by atoms with van der Waals surface area (Å²) in [4.78, 5) is -0.0666. The Hall–Kier alpha value is -0.950. The van der Waals surface area contributed by atoms with E-state index in [1.165, 1.54) is 12.1 Å². The zero-order valence-corrected chi connectivity index (χ0v) is 7.82. The van der Waals surface area contributed by atoms with E-state index in [0.29, 0.717) is 0 Å². The Morgan fingerprint density at radius 3 is 1.85 bits per heavy atom. The minimum Gasteiger partial charge on any atom is -0.320 e. The summed E-state index contributed by atoms with van der Waals surface area (Å²) in [7, 11) is -4.02. The molecule has 0 aliphatic carbocycles. The van der Waals surface area contributed by atoms with Crippen LogP contribution >= 0.6 is 0 Å². The number of benzene rings is 1. The van der Waals surface area contributed by atoms with Gasteiger partial charge in [-0.05, 0) is 19.1 Å². The fourth-order valence-corrected chi connectivity index (χ4v) is 1.19. The van der Waals surface area contributed by atoms with Gasteiger partial charge in [-0.3, -0.25) is 4.55 Å². The average Bonchev–Trinajstić information content (AvgIpc) is 2.07. The summed E-state index contributed by atoms with van der Waals surface area (Å²) >= 11 is 0. The summed E-state index contributed by atoms with van der Waals surface area (Å²) in [6.45, 7) is 1.84. The molecule has 0 saturated carbocycles. The highest BCUT2D eigenvalue weighted by atomic mass is 32.2. The highest BCUT2D eigenvalue weighted by Crippen LogP contribution is 2.08. The first-order valence-corrected chi connectivity index (χ1v) is 4.74. The molecule has 0 atom stereocenters. The SMILES string of the molecule is Cc1ccc(S(=O)(=O)O)cc1.NO. The van der Waals surface area contributed by atoms with E-state index in [2.05, 4.69) is 5.90 Å². The second-order valence-electron chi connectivity index (χ2n) is 2.29. The molecule has 1 rings (SSSR count). The highest BCUT2D eigenvalue weighted by molar-refractivity contribution is 7.85. The third-order valence-electron chi connectivity index (χ3n) is 1.32. The molecule has 0 fully saturated rings. The van der Waals surface area contributed by atoms with Crippen molar-refractivity contribution in [3.05, 3.63) is 29.8 Å². The van der Waals surface area contributed by atoms with Crippen molar-refractivity contribution < 1.29 is 18.2 Å². The van der Waals surface area contributed by atoms with Crippen molar-refractivity contribution >= 4 is 10.1 Å². The Labute approximate surface area is 76.5 Å². The topological polar surface area (TPSA) is 101 Å². The van der Waals surface area contributed by atoms with E-state index in [0.717, 1.165) is 5.56 Å². The minimum atomic E-state index is -4.02. The first-order valence-electron chi connectivity index (χ1n) is 3.30. The maximum absolute atomic E-state index is 10.5. The predicted octanol–water partition coefficient (Wildman–Crippen LogP) is 0.576. The lowest BCUT2D eigenvalue weighted by Crippen LogP contribution is -1.96. The first kappa shape index (κ1) is 12.0. The monoisotopic (exact) mass is 205 g/mol. The van der Waals surface area contributed by atoms with Crippen LogP contribution in [-0.4, -0.2) is 18.2 Å². The highest BCUT2D eigenvalue weighted by Gasteiger charge is 2.06. The third-order valence-corrected chi connectivity index (χ3v) is 2.19. The van der Waals surface area contributed by atoms with Gasteiger partial charge in [0.25, 0.3) is 10.1 Å². The van der Waals surface area contributed by atoms with Crippen molar-refractivity contribution in [2.45, 2.75) is 11.8 Å². The van der Waals surface area contributed by atoms with Crippen LogP contribution in [-0.2, 0) is 10.1 Å². The van der Waals surface area contributed by atoms with Gasteiger partial charge in [-0.1, -0.05) is 17.7 Å². The van der Waals surface area contributed by atoms with Gasteiger partial charge in [0.1, 0.15) is 0 Å². The number of aryl methyl sites for hydroxylation is 1. The van der Waals surface area contributed by atoms with E-state index < -0.39 is 10.1 Å². The molecule has 0 aliphatic rings. The fourth-order valence-electron chi connectivity index (χ4n) is 0.710. The zero-order valence-electron chi connectivity index (χ0n) is 7.01. The molecular weight excluding hydrogens is 194 g/mol. The smallest absolute Gasteiger partial charge is 0.294 e. The van der Waals surface area contributed by atoms with Crippen LogP contribution in [0.5, 0.6) is 0 Å². The molecule has 0 aliphatic heterocycles. The van der Waals surface area contributed by atoms with Crippen LogP contribution in [0.15, 0.2) is 29.2 Å². The van der Waals surface area contributed by atoms with Crippen molar-refractivity contribution in [2.24, 2.45) is 5.90 Å². The van der Waals surface area contributed by atoms with Gasteiger partial charge in [0, 0.05) is 0 Å². The fraction of sp³-hybridized carbons (Fsp3) is 0.143. The van der Waals surface area contributed by atoms with Crippen LogP contribution in [0.1, 0.15) is 5.56 Å². The predicted molar refractivity (Wildman–Crippen MR) is 47.0 cm³/mol. The van der Waals surface area contributed by atoms with Crippen LogP contribution in [0.2, 0.25) is 0 Å². The Balaban J connectivity index is 0.000000671. The average molecular weight is 205 g/mol. The molecule has 1 aromatic carbocycles. The quantitative estimate of drug-likeness (QED) is 0.460. The van der Waals surface area contributed by atoms with Crippen LogP contribution in [0.3, 0.4) is 0 Å². The van der Waals surface area contributed by atoms with Gasteiger partial charge >= 0.3 is 0 Å². The van der Waals surface area contributed by atoms with Gasteiger partial charge in [-0.15, -0.1) is 0 Å². The summed E-state index contributed by atoms with van der Waals surface area (Å²) < 4.78 is 29.6. The molecule has 74 valence electrons. The normalized spacial score (nSPS) is 10.2. The number of nitrogens with two attached hydrogens (primary N) is 1. The maximum Gasteiger partial charge on any atom is 0.294 e. The molecule has 0 unspecified atom stereocenters. The molecule has 5 nitrogen and oxygen atoms in total. The molecule has 0 radical (unpaired) electrons. The molecular formula is C7H11NO4S. The van der Waals surface area contributed by atoms with Crippen LogP contribution in [0.4, 0.5) is 0 Å². The van der Waals surface area contributed by atoms with Gasteiger partial charge in [0.05, 0.1) is 4.90 Å². The molecule has 0 saturated heterocycles. The lowest BCUT2D eigenvalue weighted by molar-refractivity contribution is 0.311. The Morgan fingerprint density at radius 2 is 1.54 bits per heavy atom. The lowest BCUT2D eigenvalue weighted by Gasteiger charge is -1.95. The minimum absolute atomic E-state index is 0.0666. The number of rotatable bonds is 1. The van der Waals surface area contributed by atoms with E-state index in [1.807, 2.05) is 6.92 Å². The zero-order chi connectivity index (χ0) is 10.5. The summed E-state index contributed by atoms with van der Waals surface area (Å²) in [6, 6.07) is 5.99. The standard InChI is InChI=1S/C7H8O3S.H3NO/c1-6-2-4-7(5-3-6)11(8,9)10;1-2/h2-5H,1H3,(H,8,9,10);2H,1H2. The molecule has 6 heteroatoms. The second kappa shape index (κ2) is 4.93. The van der Waals surface area contributed by atoms with Gasteiger partial charge in [-0.25, -0.2) is 5.90 Å². The molecule has 0 amide bonds. The van der Waals surface area contributed by atoms with Gasteiger partial charge in [-0.2, -0.15) is 8.42 Å². The molecule has 0 heterocycles. The van der Waals surface area contributed by atoms with Crippen molar-refractivity contribution in [3.8, 4) is 0 Å². The Morgan fingerprint density at radius 1 is 1.15 bits per heavy atom. The van der Waals surface area contributed by atoms with Crippen molar-refractivity contribution in [1.29, 1.82) is 0 Å². The van der Waals surface area contributed by atoms with Gasteiger partial charge in [0.15, 0.2) is 0 Å². The van der Waals surface area contributed by atoms with E-state index in [-0.39, 0.29) is 4.90 Å². The third kappa shape index (κ3) is 4.00. The number of hydrogen-bond acceptors (Lipinski definition) is 4.